The summed E-state index contributed by atoms with van der Waals surface area (Å²) in [4.78, 5) is 12.5. The largest absolute Gasteiger partial charge is 0.497 e. The number of amides is 1. The van der Waals surface area contributed by atoms with E-state index in [0.29, 0.717) is 17.0 Å². The van der Waals surface area contributed by atoms with Crippen LogP contribution in [0.2, 0.25) is 0 Å². The zero-order chi connectivity index (χ0) is 18.6. The Morgan fingerprint density at radius 3 is 2.42 bits per heavy atom. The van der Waals surface area contributed by atoms with Gasteiger partial charge < -0.3 is 10.1 Å². The summed E-state index contributed by atoms with van der Waals surface area (Å²) in [5.41, 5.74) is 0.784. The average Bonchev–Trinajstić information content (AvgIpc) is 3.14. The molecule has 1 amide bonds. The lowest BCUT2D eigenvalue weighted by molar-refractivity contribution is 0.0938. The zero-order valence-corrected chi connectivity index (χ0v) is 15.4. The molecule has 2 aromatic carbocycles. The lowest BCUT2D eigenvalue weighted by Crippen LogP contribution is -2.32. The lowest BCUT2D eigenvalue weighted by atomic mass is 10.1. The van der Waals surface area contributed by atoms with Crippen LogP contribution >= 0.6 is 0 Å². The summed E-state index contributed by atoms with van der Waals surface area (Å²) in [5.74, 6) is 0.400. The lowest BCUT2D eigenvalue weighted by Gasteiger charge is -2.13. The predicted molar refractivity (Wildman–Crippen MR) is 100.0 cm³/mol. The third kappa shape index (κ3) is 4.35. The first-order valence-electron chi connectivity index (χ1n) is 8.56. The maximum Gasteiger partial charge on any atom is 0.261 e. The van der Waals surface area contributed by atoms with Crippen LogP contribution in [0.5, 0.6) is 5.75 Å². The van der Waals surface area contributed by atoms with Crippen molar-refractivity contribution < 1.29 is 17.9 Å². The van der Waals surface area contributed by atoms with Crippen molar-refractivity contribution in [1.29, 1.82) is 0 Å². The second-order valence-corrected chi connectivity index (χ2v) is 8.00. The minimum atomic E-state index is -3.74. The first kappa shape index (κ1) is 18.3. The topological polar surface area (TPSA) is 84.5 Å². The summed E-state index contributed by atoms with van der Waals surface area (Å²) in [6, 6.07) is 12.8. The molecular formula is C19H22N2O4S. The number of rotatable bonds is 6. The van der Waals surface area contributed by atoms with Gasteiger partial charge >= 0.3 is 0 Å². The molecule has 1 aliphatic carbocycles. The molecule has 3 rings (SSSR count). The number of nitrogens with one attached hydrogen (secondary N) is 2. The Kier molecular flexibility index (Phi) is 5.46. The van der Waals surface area contributed by atoms with E-state index in [0.717, 1.165) is 25.7 Å². The number of hydrogen-bond donors (Lipinski definition) is 2. The summed E-state index contributed by atoms with van der Waals surface area (Å²) in [6.07, 6.45) is 4.25. The molecule has 1 fully saturated rings. The minimum Gasteiger partial charge on any atom is -0.497 e. The monoisotopic (exact) mass is 374 g/mol. The third-order valence-electron chi connectivity index (χ3n) is 4.44. The summed E-state index contributed by atoms with van der Waals surface area (Å²) in [6.45, 7) is 0. The number of sulfonamides is 1. The molecule has 0 aliphatic heterocycles. The standard InChI is InChI=1S/C19H22N2O4S/c1-25-17-9-11-18(12-10-17)26(23,24)21-16-8-4-5-14(13-16)19(22)20-15-6-2-3-7-15/h4-5,8-13,15,21H,2-3,6-7H2,1H3,(H,20,22). The van der Waals surface area contributed by atoms with Crippen LogP contribution in [0.1, 0.15) is 36.0 Å². The van der Waals surface area contributed by atoms with Gasteiger partial charge in [0.1, 0.15) is 5.75 Å². The molecule has 26 heavy (non-hydrogen) atoms. The molecule has 0 heterocycles. The van der Waals surface area contributed by atoms with Crippen LogP contribution in [0.4, 0.5) is 5.69 Å². The molecule has 0 aromatic heterocycles. The molecule has 6 nitrogen and oxygen atoms in total. The number of ether oxygens (including phenoxy) is 1. The number of benzene rings is 2. The average molecular weight is 374 g/mol. The third-order valence-corrected chi connectivity index (χ3v) is 5.83. The molecule has 0 radical (unpaired) electrons. The number of carbonyl (C=O) groups excluding carboxylic acids is 1. The van der Waals surface area contributed by atoms with Crippen LogP contribution < -0.4 is 14.8 Å². The van der Waals surface area contributed by atoms with Gasteiger partial charge in [-0.3, -0.25) is 9.52 Å². The molecule has 2 N–H and O–H groups in total. The fourth-order valence-electron chi connectivity index (χ4n) is 3.03. The van der Waals surface area contributed by atoms with Crippen molar-refractivity contribution in [2.75, 3.05) is 11.8 Å². The Morgan fingerprint density at radius 2 is 1.77 bits per heavy atom. The molecule has 138 valence electrons. The Hall–Kier alpha value is -2.54. The van der Waals surface area contributed by atoms with Gasteiger partial charge in [0.05, 0.1) is 12.0 Å². The molecule has 0 spiro atoms. The molecule has 0 saturated heterocycles. The van der Waals surface area contributed by atoms with Gasteiger partial charge in [0, 0.05) is 17.3 Å². The van der Waals surface area contributed by atoms with Crippen molar-refractivity contribution in [2.24, 2.45) is 0 Å². The summed E-state index contributed by atoms with van der Waals surface area (Å²) in [7, 11) is -2.22. The normalized spacial score (nSPS) is 14.8. The van der Waals surface area contributed by atoms with E-state index < -0.39 is 10.0 Å². The van der Waals surface area contributed by atoms with Crippen molar-refractivity contribution in [1.82, 2.24) is 5.32 Å². The van der Waals surface area contributed by atoms with E-state index in [1.807, 2.05) is 0 Å². The highest BCUT2D eigenvalue weighted by atomic mass is 32.2. The Balaban J connectivity index is 1.73. The van der Waals surface area contributed by atoms with Gasteiger partial charge in [0.2, 0.25) is 0 Å². The van der Waals surface area contributed by atoms with Gasteiger partial charge in [0.25, 0.3) is 15.9 Å². The molecule has 1 aliphatic rings. The van der Waals surface area contributed by atoms with Crippen molar-refractivity contribution in [2.45, 2.75) is 36.6 Å². The summed E-state index contributed by atoms with van der Waals surface area (Å²) < 4.78 is 32.6. The molecule has 2 aromatic rings. The Labute approximate surface area is 153 Å². The van der Waals surface area contributed by atoms with Crippen LogP contribution in [0.15, 0.2) is 53.4 Å². The zero-order valence-electron chi connectivity index (χ0n) is 14.6. The van der Waals surface area contributed by atoms with E-state index in [1.54, 1.807) is 36.4 Å². The quantitative estimate of drug-likeness (QED) is 0.813. The molecule has 0 unspecified atom stereocenters. The number of carbonyl (C=O) groups is 1. The van der Waals surface area contributed by atoms with Crippen LogP contribution in [-0.2, 0) is 10.0 Å². The molecular weight excluding hydrogens is 352 g/mol. The first-order valence-corrected chi connectivity index (χ1v) is 10.0. The van der Waals surface area contributed by atoms with E-state index in [4.69, 9.17) is 4.74 Å². The van der Waals surface area contributed by atoms with Crippen molar-refractivity contribution in [3.63, 3.8) is 0 Å². The summed E-state index contributed by atoms with van der Waals surface area (Å²) >= 11 is 0. The van der Waals surface area contributed by atoms with Crippen molar-refractivity contribution in [3.8, 4) is 5.75 Å². The maximum absolute atomic E-state index is 12.5. The number of hydrogen-bond acceptors (Lipinski definition) is 4. The summed E-state index contributed by atoms with van der Waals surface area (Å²) in [5, 5.41) is 3.00. The maximum atomic E-state index is 12.5. The van der Waals surface area contributed by atoms with E-state index in [-0.39, 0.29) is 16.8 Å². The van der Waals surface area contributed by atoms with Gasteiger partial charge in [0.15, 0.2) is 0 Å². The van der Waals surface area contributed by atoms with Gasteiger partial charge in [-0.05, 0) is 55.3 Å². The smallest absolute Gasteiger partial charge is 0.261 e. The van der Waals surface area contributed by atoms with Gasteiger partial charge in [-0.15, -0.1) is 0 Å². The SMILES string of the molecule is COc1ccc(S(=O)(=O)Nc2cccc(C(=O)NC3CCCC3)c2)cc1. The number of methoxy groups -OCH3 is 1. The first-order chi connectivity index (χ1) is 12.5. The molecule has 0 bridgehead atoms. The van der Waals surface area contributed by atoms with Gasteiger partial charge in [-0.2, -0.15) is 0 Å². The van der Waals surface area contributed by atoms with E-state index in [1.165, 1.54) is 19.2 Å². The van der Waals surface area contributed by atoms with E-state index in [2.05, 4.69) is 10.0 Å². The Bertz CT molecular complexity index is 873. The second-order valence-electron chi connectivity index (χ2n) is 6.32. The van der Waals surface area contributed by atoms with Crippen LogP contribution in [0.25, 0.3) is 0 Å². The van der Waals surface area contributed by atoms with Gasteiger partial charge in [-0.1, -0.05) is 18.9 Å². The molecule has 7 heteroatoms. The van der Waals surface area contributed by atoms with Crippen LogP contribution in [0.3, 0.4) is 0 Å². The van der Waals surface area contributed by atoms with E-state index in [9.17, 15) is 13.2 Å². The molecule has 1 saturated carbocycles. The van der Waals surface area contributed by atoms with Gasteiger partial charge in [-0.25, -0.2) is 8.42 Å². The fourth-order valence-corrected chi connectivity index (χ4v) is 4.08. The fraction of sp³-hybridized carbons (Fsp3) is 0.316. The highest BCUT2D eigenvalue weighted by Gasteiger charge is 2.19. The highest BCUT2D eigenvalue weighted by molar-refractivity contribution is 7.92. The van der Waals surface area contributed by atoms with E-state index >= 15 is 0 Å². The molecule has 0 atom stereocenters. The minimum absolute atomic E-state index is 0.124. The second kappa shape index (κ2) is 7.78. The highest BCUT2D eigenvalue weighted by Crippen LogP contribution is 2.21. The van der Waals surface area contributed by atoms with Crippen LogP contribution in [-0.4, -0.2) is 27.5 Å². The van der Waals surface area contributed by atoms with Crippen molar-refractivity contribution in [3.05, 3.63) is 54.1 Å². The number of anilines is 1. The predicted octanol–water partition coefficient (Wildman–Crippen LogP) is 3.17. The Morgan fingerprint density at radius 1 is 1.08 bits per heavy atom. The van der Waals surface area contributed by atoms with Crippen LogP contribution in [0, 0.1) is 0 Å². The van der Waals surface area contributed by atoms with Crippen molar-refractivity contribution >= 4 is 21.6 Å².